The van der Waals surface area contributed by atoms with Crippen molar-refractivity contribution < 1.29 is 14.3 Å². The van der Waals surface area contributed by atoms with E-state index < -0.39 is 0 Å². The van der Waals surface area contributed by atoms with Gasteiger partial charge in [-0.1, -0.05) is 12.1 Å². The molecule has 0 fully saturated rings. The molecule has 0 spiro atoms. The molecule has 0 atom stereocenters. The molecule has 0 saturated carbocycles. The van der Waals surface area contributed by atoms with Crippen LogP contribution in [-0.4, -0.2) is 16.8 Å². The van der Waals surface area contributed by atoms with Gasteiger partial charge in [-0.05, 0) is 55.0 Å². The van der Waals surface area contributed by atoms with E-state index >= 15 is 0 Å². The number of hydrogen-bond acceptors (Lipinski definition) is 4. The van der Waals surface area contributed by atoms with Crippen LogP contribution in [0, 0.1) is 6.92 Å². The van der Waals surface area contributed by atoms with E-state index in [2.05, 4.69) is 4.98 Å². The van der Waals surface area contributed by atoms with Crippen LogP contribution < -0.4 is 9.64 Å². The lowest BCUT2D eigenvalue weighted by Gasteiger charge is -2.17. The predicted octanol–water partition coefficient (Wildman–Crippen LogP) is 3.98. The van der Waals surface area contributed by atoms with Crippen molar-refractivity contribution in [2.45, 2.75) is 6.92 Å². The van der Waals surface area contributed by atoms with E-state index in [4.69, 9.17) is 4.74 Å². The number of carbonyl (C=O) groups is 2. The molecule has 2 amide bonds. The third kappa shape index (κ3) is 2.55. The predicted molar refractivity (Wildman–Crippen MR) is 93.1 cm³/mol. The average molecular weight is 330 g/mol. The summed E-state index contributed by atoms with van der Waals surface area (Å²) < 4.78 is 5.74. The molecule has 4 rings (SSSR count). The Bertz CT molecular complexity index is 948. The Labute approximate surface area is 144 Å². The summed E-state index contributed by atoms with van der Waals surface area (Å²) in [6.45, 7) is 1.84. The summed E-state index contributed by atoms with van der Waals surface area (Å²) in [5, 5.41) is 0. The first kappa shape index (κ1) is 15.1. The van der Waals surface area contributed by atoms with Crippen LogP contribution in [0.5, 0.6) is 11.5 Å². The molecule has 0 radical (unpaired) electrons. The average Bonchev–Trinajstić information content (AvgIpc) is 2.88. The lowest BCUT2D eigenvalue weighted by atomic mass is 10.1. The van der Waals surface area contributed by atoms with E-state index in [1.165, 1.54) is 4.90 Å². The third-order valence-corrected chi connectivity index (χ3v) is 4.07. The summed E-state index contributed by atoms with van der Waals surface area (Å²) >= 11 is 0. The van der Waals surface area contributed by atoms with Gasteiger partial charge < -0.3 is 4.74 Å². The van der Waals surface area contributed by atoms with Gasteiger partial charge in [0.15, 0.2) is 0 Å². The van der Waals surface area contributed by atoms with Crippen molar-refractivity contribution in [1.82, 2.24) is 4.98 Å². The molecule has 25 heavy (non-hydrogen) atoms. The number of pyridine rings is 1. The molecular formula is C20H14N2O3. The van der Waals surface area contributed by atoms with Gasteiger partial charge in [-0.2, -0.15) is 0 Å². The first-order chi connectivity index (χ1) is 12.1. The van der Waals surface area contributed by atoms with Crippen LogP contribution in [0.2, 0.25) is 0 Å². The second-order valence-electron chi connectivity index (χ2n) is 5.73. The van der Waals surface area contributed by atoms with E-state index in [-0.39, 0.29) is 11.8 Å². The second kappa shape index (κ2) is 5.87. The Kier molecular flexibility index (Phi) is 3.54. The molecule has 1 aliphatic rings. The molecule has 2 aromatic carbocycles. The highest BCUT2D eigenvalue weighted by Gasteiger charge is 2.36. The van der Waals surface area contributed by atoms with E-state index in [0.29, 0.717) is 28.3 Å². The zero-order valence-corrected chi connectivity index (χ0v) is 13.5. The lowest BCUT2D eigenvalue weighted by molar-refractivity contribution is 0.0926. The molecule has 0 N–H and O–H groups in total. The zero-order chi connectivity index (χ0) is 17.4. The van der Waals surface area contributed by atoms with Gasteiger partial charge in [-0.3, -0.25) is 14.6 Å². The number of rotatable bonds is 3. The van der Waals surface area contributed by atoms with Gasteiger partial charge >= 0.3 is 0 Å². The van der Waals surface area contributed by atoms with Gasteiger partial charge in [-0.25, -0.2) is 4.90 Å². The summed E-state index contributed by atoms with van der Waals surface area (Å²) in [6, 6.07) is 15.7. The number of amides is 2. The summed E-state index contributed by atoms with van der Waals surface area (Å²) in [6.07, 6.45) is 3.29. The molecule has 2 heterocycles. The van der Waals surface area contributed by atoms with Crippen LogP contribution in [0.25, 0.3) is 0 Å². The van der Waals surface area contributed by atoms with Crippen LogP contribution in [0.1, 0.15) is 26.3 Å². The number of benzene rings is 2. The van der Waals surface area contributed by atoms with Crippen molar-refractivity contribution >= 4 is 17.5 Å². The second-order valence-corrected chi connectivity index (χ2v) is 5.73. The Morgan fingerprint density at radius 2 is 1.60 bits per heavy atom. The molecule has 0 bridgehead atoms. The highest BCUT2D eigenvalue weighted by Crippen LogP contribution is 2.33. The van der Waals surface area contributed by atoms with Crippen molar-refractivity contribution in [3.63, 3.8) is 0 Å². The largest absolute Gasteiger partial charge is 0.456 e. The minimum absolute atomic E-state index is 0.301. The molecule has 1 aliphatic heterocycles. The van der Waals surface area contributed by atoms with Crippen molar-refractivity contribution in [2.24, 2.45) is 0 Å². The topological polar surface area (TPSA) is 59.5 Å². The van der Waals surface area contributed by atoms with Gasteiger partial charge in [0, 0.05) is 6.20 Å². The maximum Gasteiger partial charge on any atom is 0.266 e. The number of ether oxygens (including phenoxy) is 1. The van der Waals surface area contributed by atoms with E-state index in [0.717, 1.165) is 5.56 Å². The van der Waals surface area contributed by atoms with Crippen LogP contribution in [-0.2, 0) is 0 Å². The number of carbonyl (C=O) groups excluding carboxylic acids is 2. The Balaban J connectivity index is 1.66. The number of anilines is 1. The van der Waals surface area contributed by atoms with E-state index in [1.807, 2.05) is 6.92 Å². The fourth-order valence-corrected chi connectivity index (χ4v) is 2.89. The van der Waals surface area contributed by atoms with E-state index in [9.17, 15) is 9.59 Å². The molecule has 3 aromatic rings. The number of hydrogen-bond donors (Lipinski definition) is 0. The number of nitrogens with zero attached hydrogens (tertiary/aromatic N) is 2. The quantitative estimate of drug-likeness (QED) is 0.682. The Morgan fingerprint density at radius 1 is 0.880 bits per heavy atom. The molecule has 1 aromatic heterocycles. The summed E-state index contributed by atoms with van der Waals surface area (Å²) in [5.41, 5.74) is 2.20. The fourth-order valence-electron chi connectivity index (χ4n) is 2.89. The number of aryl methyl sites for hydroxylation is 1. The summed E-state index contributed by atoms with van der Waals surface area (Å²) in [5.74, 6) is 0.635. The van der Waals surface area contributed by atoms with Crippen molar-refractivity contribution in [3.05, 3.63) is 83.7 Å². The van der Waals surface area contributed by atoms with Crippen molar-refractivity contribution in [3.8, 4) is 11.5 Å². The van der Waals surface area contributed by atoms with E-state index in [1.54, 1.807) is 67.0 Å². The lowest BCUT2D eigenvalue weighted by Crippen LogP contribution is -2.30. The van der Waals surface area contributed by atoms with Gasteiger partial charge in [0.25, 0.3) is 11.8 Å². The smallest absolute Gasteiger partial charge is 0.266 e. The Morgan fingerprint density at radius 3 is 2.20 bits per heavy atom. The molecule has 5 heteroatoms. The van der Waals surface area contributed by atoms with Gasteiger partial charge in [0.1, 0.15) is 11.5 Å². The van der Waals surface area contributed by atoms with Crippen LogP contribution in [0.3, 0.4) is 0 Å². The minimum Gasteiger partial charge on any atom is -0.456 e. The monoisotopic (exact) mass is 330 g/mol. The van der Waals surface area contributed by atoms with Crippen molar-refractivity contribution in [2.75, 3.05) is 4.90 Å². The fraction of sp³-hybridized carbons (Fsp3) is 0.0500. The maximum absolute atomic E-state index is 12.6. The first-order valence-corrected chi connectivity index (χ1v) is 7.81. The van der Waals surface area contributed by atoms with Crippen molar-refractivity contribution in [1.29, 1.82) is 0 Å². The maximum atomic E-state index is 12.6. The molecule has 0 saturated heterocycles. The minimum atomic E-state index is -0.301. The van der Waals surface area contributed by atoms with Gasteiger partial charge in [-0.15, -0.1) is 0 Å². The summed E-state index contributed by atoms with van der Waals surface area (Å²) in [4.78, 5) is 30.4. The molecule has 5 nitrogen and oxygen atoms in total. The normalized spacial score (nSPS) is 13.1. The molecule has 122 valence electrons. The third-order valence-electron chi connectivity index (χ3n) is 4.07. The van der Waals surface area contributed by atoms with Crippen LogP contribution in [0.15, 0.2) is 67.0 Å². The summed E-state index contributed by atoms with van der Waals surface area (Å²) in [7, 11) is 0. The number of fused-ring (bicyclic) bond motifs is 1. The Hall–Kier alpha value is -3.47. The molecule has 0 unspecified atom stereocenters. The van der Waals surface area contributed by atoms with Gasteiger partial charge in [0.05, 0.1) is 23.0 Å². The zero-order valence-electron chi connectivity index (χ0n) is 13.5. The highest BCUT2D eigenvalue weighted by molar-refractivity contribution is 6.34. The number of aromatic nitrogens is 1. The van der Waals surface area contributed by atoms with Crippen LogP contribution in [0.4, 0.5) is 5.69 Å². The SMILES string of the molecule is Cc1cc(Oc2cccnc2)ccc1N1C(=O)c2ccccc2C1=O. The van der Waals surface area contributed by atoms with Crippen LogP contribution >= 0.6 is 0 Å². The first-order valence-electron chi connectivity index (χ1n) is 7.81. The highest BCUT2D eigenvalue weighted by atomic mass is 16.5. The standard InChI is InChI=1S/C20H14N2O3/c1-13-11-14(25-15-5-4-10-21-12-15)8-9-18(13)22-19(23)16-6-2-3-7-17(16)20(22)24/h2-12H,1H3. The molecular weight excluding hydrogens is 316 g/mol. The van der Waals surface area contributed by atoms with Gasteiger partial charge in [0.2, 0.25) is 0 Å². The number of imide groups is 1. The molecule has 0 aliphatic carbocycles.